The van der Waals surface area contributed by atoms with Crippen molar-refractivity contribution in [1.82, 2.24) is 4.98 Å². The summed E-state index contributed by atoms with van der Waals surface area (Å²) in [7, 11) is -3.68. The number of pyridine rings is 1. The Balaban J connectivity index is 2.23. The highest BCUT2D eigenvalue weighted by atomic mass is 35.5. The summed E-state index contributed by atoms with van der Waals surface area (Å²) in [5, 5.41) is 9.34. The molecule has 0 saturated heterocycles. The SMILES string of the molecule is O=S(=O)(Nc1ccc(CO)cn1)c1ccc(Cl)cc1. The summed E-state index contributed by atoms with van der Waals surface area (Å²) in [5.41, 5.74) is 0.606. The van der Waals surface area contributed by atoms with Crippen LogP contribution in [0.15, 0.2) is 47.5 Å². The van der Waals surface area contributed by atoms with Crippen LogP contribution in [0.5, 0.6) is 0 Å². The first kappa shape index (κ1) is 13.8. The van der Waals surface area contributed by atoms with Crippen molar-refractivity contribution in [3.63, 3.8) is 0 Å². The van der Waals surface area contributed by atoms with E-state index in [1.54, 1.807) is 6.07 Å². The second-order valence-corrected chi connectivity index (χ2v) is 5.89. The zero-order valence-electron chi connectivity index (χ0n) is 9.75. The van der Waals surface area contributed by atoms with Gasteiger partial charge in [-0.15, -0.1) is 0 Å². The van der Waals surface area contributed by atoms with Crippen molar-refractivity contribution in [3.05, 3.63) is 53.2 Å². The lowest BCUT2D eigenvalue weighted by molar-refractivity contribution is 0.281. The first-order valence-corrected chi connectivity index (χ1v) is 7.21. The fraction of sp³-hybridized carbons (Fsp3) is 0.0833. The zero-order chi connectivity index (χ0) is 13.9. The van der Waals surface area contributed by atoms with Crippen LogP contribution in [-0.4, -0.2) is 18.5 Å². The molecule has 0 spiro atoms. The first-order chi connectivity index (χ1) is 9.01. The molecular weight excluding hydrogens is 288 g/mol. The molecule has 0 fully saturated rings. The second kappa shape index (κ2) is 5.56. The molecule has 2 aromatic rings. The highest BCUT2D eigenvalue weighted by molar-refractivity contribution is 7.92. The Hall–Kier alpha value is -1.63. The number of benzene rings is 1. The average molecular weight is 299 g/mol. The lowest BCUT2D eigenvalue weighted by atomic mass is 10.3. The molecule has 7 heteroatoms. The molecule has 0 saturated carbocycles. The minimum atomic E-state index is -3.68. The van der Waals surface area contributed by atoms with Crippen LogP contribution in [0.2, 0.25) is 5.02 Å². The lowest BCUT2D eigenvalue weighted by Crippen LogP contribution is -2.13. The Morgan fingerprint density at radius 3 is 2.37 bits per heavy atom. The van der Waals surface area contributed by atoms with Crippen LogP contribution in [0, 0.1) is 0 Å². The van der Waals surface area contributed by atoms with E-state index in [2.05, 4.69) is 9.71 Å². The molecule has 1 aromatic heterocycles. The van der Waals surface area contributed by atoms with Gasteiger partial charge in [-0.1, -0.05) is 17.7 Å². The van der Waals surface area contributed by atoms with Crippen molar-refractivity contribution < 1.29 is 13.5 Å². The number of aliphatic hydroxyl groups excluding tert-OH is 1. The predicted molar refractivity (Wildman–Crippen MR) is 72.4 cm³/mol. The molecular formula is C12H11ClN2O3S. The maximum absolute atomic E-state index is 12.0. The van der Waals surface area contributed by atoms with Gasteiger partial charge >= 0.3 is 0 Å². The number of halogens is 1. The Kier molecular flexibility index (Phi) is 4.04. The summed E-state index contributed by atoms with van der Waals surface area (Å²) in [6, 6.07) is 8.89. The molecule has 2 rings (SSSR count). The van der Waals surface area contributed by atoms with Crippen molar-refractivity contribution >= 4 is 27.4 Å². The summed E-state index contributed by atoms with van der Waals surface area (Å²) < 4.78 is 26.4. The molecule has 0 bridgehead atoms. The van der Waals surface area contributed by atoms with Gasteiger partial charge in [0, 0.05) is 11.2 Å². The Bertz CT molecular complexity index is 654. The molecule has 100 valence electrons. The molecule has 0 unspecified atom stereocenters. The number of hydrogen-bond acceptors (Lipinski definition) is 4. The van der Waals surface area contributed by atoms with Gasteiger partial charge < -0.3 is 5.11 Å². The molecule has 0 radical (unpaired) electrons. The van der Waals surface area contributed by atoms with Gasteiger partial charge in [0.05, 0.1) is 11.5 Å². The molecule has 0 atom stereocenters. The summed E-state index contributed by atoms with van der Waals surface area (Å²) in [6.45, 7) is -0.142. The standard InChI is InChI=1S/C12H11ClN2O3S/c13-10-2-4-11(5-3-10)19(17,18)15-12-6-1-9(8-16)7-14-12/h1-7,16H,8H2,(H,14,15). The number of sulfonamides is 1. The summed E-state index contributed by atoms with van der Waals surface area (Å²) in [6.07, 6.45) is 1.40. The van der Waals surface area contributed by atoms with E-state index in [1.807, 2.05) is 0 Å². The van der Waals surface area contributed by atoms with E-state index in [4.69, 9.17) is 16.7 Å². The van der Waals surface area contributed by atoms with Gasteiger partial charge in [-0.3, -0.25) is 4.72 Å². The van der Waals surface area contributed by atoms with Crippen LogP contribution < -0.4 is 4.72 Å². The molecule has 0 aliphatic heterocycles. The van der Waals surface area contributed by atoms with E-state index in [9.17, 15) is 8.42 Å². The molecule has 19 heavy (non-hydrogen) atoms. The van der Waals surface area contributed by atoms with E-state index >= 15 is 0 Å². The maximum atomic E-state index is 12.0. The normalized spacial score (nSPS) is 11.3. The summed E-state index contributed by atoms with van der Waals surface area (Å²) >= 11 is 5.70. The third kappa shape index (κ3) is 3.44. The maximum Gasteiger partial charge on any atom is 0.263 e. The second-order valence-electron chi connectivity index (χ2n) is 3.77. The average Bonchev–Trinajstić information content (AvgIpc) is 2.40. The number of aromatic nitrogens is 1. The number of anilines is 1. The molecule has 1 heterocycles. The molecule has 0 aliphatic rings. The van der Waals surface area contributed by atoms with Crippen molar-refractivity contribution in [3.8, 4) is 0 Å². The van der Waals surface area contributed by atoms with Crippen molar-refractivity contribution in [2.75, 3.05) is 4.72 Å². The fourth-order valence-electron chi connectivity index (χ4n) is 1.39. The molecule has 0 aliphatic carbocycles. The third-order valence-corrected chi connectivity index (χ3v) is 3.99. The number of nitrogens with one attached hydrogen (secondary N) is 1. The zero-order valence-corrected chi connectivity index (χ0v) is 11.3. The largest absolute Gasteiger partial charge is 0.392 e. The van der Waals surface area contributed by atoms with Gasteiger partial charge in [0.25, 0.3) is 10.0 Å². The number of rotatable bonds is 4. The Morgan fingerprint density at radius 2 is 1.84 bits per heavy atom. The summed E-state index contributed by atoms with van der Waals surface area (Å²) in [5.74, 6) is 0.187. The van der Waals surface area contributed by atoms with Gasteiger partial charge in [0.15, 0.2) is 0 Å². The number of aliphatic hydroxyl groups is 1. The highest BCUT2D eigenvalue weighted by Crippen LogP contribution is 2.17. The van der Waals surface area contributed by atoms with E-state index in [0.29, 0.717) is 10.6 Å². The molecule has 1 aromatic carbocycles. The highest BCUT2D eigenvalue weighted by Gasteiger charge is 2.14. The van der Waals surface area contributed by atoms with Crippen LogP contribution >= 0.6 is 11.6 Å². The van der Waals surface area contributed by atoms with Crippen LogP contribution in [0.3, 0.4) is 0 Å². The predicted octanol–water partition coefficient (Wildman–Crippen LogP) is 2.03. The van der Waals surface area contributed by atoms with Crippen molar-refractivity contribution in [1.29, 1.82) is 0 Å². The smallest absolute Gasteiger partial charge is 0.263 e. The van der Waals surface area contributed by atoms with E-state index in [1.165, 1.54) is 36.5 Å². The van der Waals surface area contributed by atoms with Crippen molar-refractivity contribution in [2.24, 2.45) is 0 Å². The Morgan fingerprint density at radius 1 is 1.16 bits per heavy atom. The van der Waals surface area contributed by atoms with Gasteiger partial charge in [-0.05, 0) is 35.9 Å². The molecule has 5 nitrogen and oxygen atoms in total. The molecule has 0 amide bonds. The van der Waals surface area contributed by atoms with Gasteiger partial charge in [-0.25, -0.2) is 13.4 Å². The quantitative estimate of drug-likeness (QED) is 0.905. The van der Waals surface area contributed by atoms with E-state index < -0.39 is 10.0 Å². The van der Waals surface area contributed by atoms with E-state index in [0.717, 1.165) is 0 Å². The monoisotopic (exact) mass is 298 g/mol. The topological polar surface area (TPSA) is 79.3 Å². The van der Waals surface area contributed by atoms with Crippen LogP contribution in [0.1, 0.15) is 5.56 Å². The number of hydrogen-bond donors (Lipinski definition) is 2. The van der Waals surface area contributed by atoms with Crippen LogP contribution in [0.25, 0.3) is 0 Å². The minimum absolute atomic E-state index is 0.102. The van der Waals surface area contributed by atoms with Crippen LogP contribution in [0.4, 0.5) is 5.82 Å². The number of nitrogens with zero attached hydrogens (tertiary/aromatic N) is 1. The lowest BCUT2D eigenvalue weighted by Gasteiger charge is -2.07. The minimum Gasteiger partial charge on any atom is -0.392 e. The fourth-order valence-corrected chi connectivity index (χ4v) is 2.52. The van der Waals surface area contributed by atoms with Crippen LogP contribution in [-0.2, 0) is 16.6 Å². The third-order valence-electron chi connectivity index (χ3n) is 2.37. The van der Waals surface area contributed by atoms with Gasteiger partial charge in [0.1, 0.15) is 5.82 Å². The van der Waals surface area contributed by atoms with Gasteiger partial charge in [0.2, 0.25) is 0 Å². The van der Waals surface area contributed by atoms with Gasteiger partial charge in [-0.2, -0.15) is 0 Å². The Labute approximate surface area is 115 Å². The first-order valence-electron chi connectivity index (χ1n) is 5.35. The van der Waals surface area contributed by atoms with E-state index in [-0.39, 0.29) is 17.3 Å². The van der Waals surface area contributed by atoms with Crippen molar-refractivity contribution in [2.45, 2.75) is 11.5 Å². The summed E-state index contributed by atoms with van der Waals surface area (Å²) in [4.78, 5) is 4.00. The molecule has 2 N–H and O–H groups in total.